The lowest BCUT2D eigenvalue weighted by molar-refractivity contribution is 0.299. The van der Waals surface area contributed by atoms with Crippen LogP contribution in [0.2, 0.25) is 0 Å². The highest BCUT2D eigenvalue weighted by Gasteiger charge is 2.34. The summed E-state index contributed by atoms with van der Waals surface area (Å²) in [5, 5.41) is 0. The van der Waals surface area contributed by atoms with Gasteiger partial charge in [0.1, 0.15) is 11.6 Å². The monoisotopic (exact) mass is 252 g/mol. The molecule has 2 unspecified atom stereocenters. The molecular weight excluding hydrogens is 234 g/mol. The van der Waals surface area contributed by atoms with Gasteiger partial charge in [-0.2, -0.15) is 0 Å². The molecule has 2 nitrogen and oxygen atoms in total. The van der Waals surface area contributed by atoms with Crippen LogP contribution in [0, 0.1) is 23.5 Å². The van der Waals surface area contributed by atoms with E-state index in [1.807, 2.05) is 0 Å². The maximum absolute atomic E-state index is 13.5. The number of hydrogen-bond donors (Lipinski definition) is 0. The van der Waals surface area contributed by atoms with E-state index in [1.165, 1.54) is 25.7 Å². The van der Waals surface area contributed by atoms with E-state index in [-0.39, 0.29) is 0 Å². The zero-order chi connectivity index (χ0) is 12.5. The van der Waals surface area contributed by atoms with Crippen molar-refractivity contribution in [2.24, 2.45) is 11.8 Å². The van der Waals surface area contributed by atoms with Crippen molar-refractivity contribution in [3.05, 3.63) is 29.6 Å². The minimum absolute atomic E-state index is 0.370. The smallest absolute Gasteiger partial charge is 0.148 e. The molecule has 2 atom stereocenters. The van der Waals surface area contributed by atoms with E-state index in [4.69, 9.17) is 0 Å². The van der Waals surface area contributed by atoms with E-state index in [2.05, 4.69) is 9.88 Å². The fourth-order valence-electron chi connectivity index (χ4n) is 3.40. The lowest BCUT2D eigenvalue weighted by Crippen LogP contribution is -2.21. The van der Waals surface area contributed by atoms with Crippen LogP contribution in [-0.2, 0) is 6.54 Å². The fraction of sp³-hybridized carbons (Fsp3) is 0.643. The summed E-state index contributed by atoms with van der Waals surface area (Å²) in [6.07, 6.45) is 6.37. The van der Waals surface area contributed by atoms with Crippen LogP contribution in [0.1, 0.15) is 31.4 Å². The van der Waals surface area contributed by atoms with Gasteiger partial charge in [0, 0.05) is 25.7 Å². The molecule has 18 heavy (non-hydrogen) atoms. The van der Waals surface area contributed by atoms with Gasteiger partial charge in [-0.15, -0.1) is 0 Å². The Labute approximate surface area is 106 Å². The van der Waals surface area contributed by atoms with Crippen molar-refractivity contribution in [2.75, 3.05) is 13.1 Å². The summed E-state index contributed by atoms with van der Waals surface area (Å²) in [5.74, 6) is 0.431. The molecule has 1 aromatic rings. The molecular formula is C14H18F2N2. The molecule has 2 heterocycles. The molecule has 4 heteroatoms. The van der Waals surface area contributed by atoms with Crippen molar-refractivity contribution in [3.8, 4) is 0 Å². The first-order valence-corrected chi connectivity index (χ1v) is 6.74. The molecule has 98 valence electrons. The zero-order valence-electron chi connectivity index (χ0n) is 10.4. The normalized spacial score (nSPS) is 28.3. The Bertz CT molecular complexity index is 422. The second-order valence-electron chi connectivity index (χ2n) is 5.58. The average molecular weight is 252 g/mol. The molecule has 0 spiro atoms. The molecule has 1 aromatic heterocycles. The van der Waals surface area contributed by atoms with Gasteiger partial charge in [0.25, 0.3) is 0 Å². The van der Waals surface area contributed by atoms with Crippen LogP contribution >= 0.6 is 0 Å². The van der Waals surface area contributed by atoms with E-state index >= 15 is 0 Å². The quantitative estimate of drug-likeness (QED) is 0.804. The molecule has 0 amide bonds. The van der Waals surface area contributed by atoms with Gasteiger partial charge in [0.05, 0.1) is 11.9 Å². The predicted octanol–water partition coefficient (Wildman–Crippen LogP) is 2.98. The number of nitrogens with zero attached hydrogens (tertiary/aromatic N) is 2. The summed E-state index contributed by atoms with van der Waals surface area (Å²) in [6, 6.07) is 0.922. The maximum atomic E-state index is 13.5. The van der Waals surface area contributed by atoms with Gasteiger partial charge in [-0.3, -0.25) is 9.88 Å². The predicted molar refractivity (Wildman–Crippen MR) is 64.9 cm³/mol. The highest BCUT2D eigenvalue weighted by Crippen LogP contribution is 2.36. The number of aromatic nitrogens is 1. The number of halogens is 2. The minimum atomic E-state index is -0.605. The summed E-state index contributed by atoms with van der Waals surface area (Å²) in [5.41, 5.74) is 0.370. The molecule has 0 radical (unpaired) electrons. The Hall–Kier alpha value is -1.03. The van der Waals surface area contributed by atoms with Crippen LogP contribution in [0.25, 0.3) is 0 Å². The van der Waals surface area contributed by atoms with Gasteiger partial charge < -0.3 is 0 Å². The molecule has 0 bridgehead atoms. The van der Waals surface area contributed by atoms with Crippen molar-refractivity contribution in [1.82, 2.24) is 9.88 Å². The third kappa shape index (κ3) is 2.39. The zero-order valence-corrected chi connectivity index (χ0v) is 10.4. The number of hydrogen-bond acceptors (Lipinski definition) is 2. The molecule has 1 aliphatic carbocycles. The maximum Gasteiger partial charge on any atom is 0.148 e. The van der Waals surface area contributed by atoms with E-state index in [0.29, 0.717) is 12.2 Å². The summed E-state index contributed by atoms with van der Waals surface area (Å²) in [6.45, 7) is 2.60. The van der Waals surface area contributed by atoms with E-state index in [9.17, 15) is 8.78 Å². The third-order valence-electron chi connectivity index (χ3n) is 4.31. The molecule has 1 aliphatic heterocycles. The molecule has 1 saturated carbocycles. The standard InChI is InChI=1S/C14H18F2N2/c15-12-5-13(16)14(17-6-12)9-18-7-10-3-1-2-4-11(10)8-18/h5-6,10-11H,1-4,7-9H2. The number of likely N-dealkylation sites (tertiary alicyclic amines) is 1. The van der Waals surface area contributed by atoms with Crippen LogP contribution in [0.3, 0.4) is 0 Å². The largest absolute Gasteiger partial charge is 0.297 e. The van der Waals surface area contributed by atoms with Crippen molar-refractivity contribution in [3.63, 3.8) is 0 Å². The van der Waals surface area contributed by atoms with E-state index < -0.39 is 11.6 Å². The Morgan fingerprint density at radius 2 is 1.83 bits per heavy atom. The van der Waals surface area contributed by atoms with Gasteiger partial charge in [-0.05, 0) is 24.7 Å². The lowest BCUT2D eigenvalue weighted by Gasteiger charge is -2.23. The summed E-state index contributed by atoms with van der Waals surface area (Å²) >= 11 is 0. The highest BCUT2D eigenvalue weighted by atomic mass is 19.1. The molecule has 0 N–H and O–H groups in total. The molecule has 0 aromatic carbocycles. The van der Waals surface area contributed by atoms with Gasteiger partial charge in [0.15, 0.2) is 0 Å². The van der Waals surface area contributed by atoms with Crippen LogP contribution in [0.4, 0.5) is 8.78 Å². The summed E-state index contributed by atoms with van der Waals surface area (Å²) in [4.78, 5) is 6.13. The fourth-order valence-corrected chi connectivity index (χ4v) is 3.40. The molecule has 2 aliphatic rings. The van der Waals surface area contributed by atoms with Gasteiger partial charge in [-0.25, -0.2) is 8.78 Å². The highest BCUT2D eigenvalue weighted by molar-refractivity contribution is 5.09. The Morgan fingerprint density at radius 1 is 1.17 bits per heavy atom. The molecule has 3 rings (SSSR count). The summed E-state index contributed by atoms with van der Waals surface area (Å²) < 4.78 is 26.3. The van der Waals surface area contributed by atoms with E-state index in [0.717, 1.165) is 37.2 Å². The lowest BCUT2D eigenvalue weighted by atomic mass is 9.82. The second-order valence-corrected chi connectivity index (χ2v) is 5.58. The Kier molecular flexibility index (Phi) is 3.29. The SMILES string of the molecule is Fc1cnc(CN2CC3CCCCC3C2)c(F)c1. The minimum Gasteiger partial charge on any atom is -0.297 e. The van der Waals surface area contributed by atoms with Crippen molar-refractivity contribution in [1.29, 1.82) is 0 Å². The Balaban J connectivity index is 1.66. The van der Waals surface area contributed by atoms with Crippen molar-refractivity contribution >= 4 is 0 Å². The second kappa shape index (κ2) is 4.92. The van der Waals surface area contributed by atoms with Crippen molar-refractivity contribution < 1.29 is 8.78 Å². The molecule has 1 saturated heterocycles. The third-order valence-corrected chi connectivity index (χ3v) is 4.31. The number of fused-ring (bicyclic) bond motifs is 1. The van der Waals surface area contributed by atoms with Crippen LogP contribution < -0.4 is 0 Å². The first-order chi connectivity index (χ1) is 8.72. The van der Waals surface area contributed by atoms with Gasteiger partial charge >= 0.3 is 0 Å². The van der Waals surface area contributed by atoms with Gasteiger partial charge in [0.2, 0.25) is 0 Å². The molecule has 2 fully saturated rings. The topological polar surface area (TPSA) is 16.1 Å². The Morgan fingerprint density at radius 3 is 2.44 bits per heavy atom. The van der Waals surface area contributed by atoms with Crippen LogP contribution in [0.15, 0.2) is 12.3 Å². The van der Waals surface area contributed by atoms with Gasteiger partial charge in [-0.1, -0.05) is 12.8 Å². The number of pyridine rings is 1. The first kappa shape index (κ1) is 12.0. The number of rotatable bonds is 2. The average Bonchev–Trinajstić information content (AvgIpc) is 2.75. The first-order valence-electron chi connectivity index (χ1n) is 6.74. The van der Waals surface area contributed by atoms with Crippen molar-refractivity contribution in [2.45, 2.75) is 32.2 Å². The van der Waals surface area contributed by atoms with Crippen LogP contribution in [-0.4, -0.2) is 23.0 Å². The summed E-state index contributed by atoms with van der Waals surface area (Å²) in [7, 11) is 0. The van der Waals surface area contributed by atoms with E-state index in [1.54, 1.807) is 0 Å². The van der Waals surface area contributed by atoms with Crippen LogP contribution in [0.5, 0.6) is 0 Å².